The summed E-state index contributed by atoms with van der Waals surface area (Å²) in [6.07, 6.45) is 5.56. The van der Waals surface area contributed by atoms with Gasteiger partial charge in [-0.15, -0.1) is 0 Å². The third-order valence-electron chi connectivity index (χ3n) is 4.47. The average molecular weight is 310 g/mol. The van der Waals surface area contributed by atoms with Gasteiger partial charge in [0.25, 0.3) is 0 Å². The van der Waals surface area contributed by atoms with Crippen molar-refractivity contribution in [2.24, 2.45) is 0 Å². The van der Waals surface area contributed by atoms with E-state index in [2.05, 4.69) is 46.4 Å². The smallest absolute Gasteiger partial charge is 0.144 e. The average Bonchev–Trinajstić information content (AvgIpc) is 3.02. The lowest BCUT2D eigenvalue weighted by Crippen LogP contribution is -1.84. The fourth-order valence-corrected chi connectivity index (χ4v) is 3.25. The molecule has 0 atom stereocenters. The standard InChI is InChI=1S/C21H14N2O/c1-13-5-8-19(23-11-13)18-4-2-3-16-17-7-6-14-12-22-10-9-15(14)20(17)24-21(16)18/h2-12H,1H3. The molecule has 0 radical (unpaired) electrons. The number of hydrogen-bond acceptors (Lipinski definition) is 3. The van der Waals surface area contributed by atoms with E-state index in [0.29, 0.717) is 0 Å². The predicted molar refractivity (Wildman–Crippen MR) is 97.0 cm³/mol. The third kappa shape index (κ3) is 1.85. The summed E-state index contributed by atoms with van der Waals surface area (Å²) >= 11 is 0. The van der Waals surface area contributed by atoms with Crippen molar-refractivity contribution in [1.29, 1.82) is 0 Å². The third-order valence-corrected chi connectivity index (χ3v) is 4.47. The molecule has 0 aliphatic rings. The lowest BCUT2D eigenvalue weighted by molar-refractivity contribution is 0.673. The van der Waals surface area contributed by atoms with E-state index in [0.717, 1.165) is 49.5 Å². The van der Waals surface area contributed by atoms with E-state index in [-0.39, 0.29) is 0 Å². The van der Waals surface area contributed by atoms with Crippen LogP contribution in [0, 0.1) is 6.92 Å². The van der Waals surface area contributed by atoms with Gasteiger partial charge in [0.05, 0.1) is 5.69 Å². The lowest BCUT2D eigenvalue weighted by atomic mass is 10.0. The molecule has 3 heterocycles. The van der Waals surface area contributed by atoms with Crippen LogP contribution in [0.4, 0.5) is 0 Å². The van der Waals surface area contributed by atoms with Crippen LogP contribution in [-0.2, 0) is 0 Å². The maximum absolute atomic E-state index is 6.31. The molecule has 0 unspecified atom stereocenters. The van der Waals surface area contributed by atoms with Crippen LogP contribution in [0.3, 0.4) is 0 Å². The first kappa shape index (κ1) is 13.3. The summed E-state index contributed by atoms with van der Waals surface area (Å²) in [7, 11) is 0. The van der Waals surface area contributed by atoms with Gasteiger partial charge in [-0.2, -0.15) is 0 Å². The highest BCUT2D eigenvalue weighted by Gasteiger charge is 2.14. The Labute approximate surface area is 138 Å². The van der Waals surface area contributed by atoms with E-state index >= 15 is 0 Å². The zero-order chi connectivity index (χ0) is 16.1. The van der Waals surface area contributed by atoms with Crippen molar-refractivity contribution in [3.05, 3.63) is 72.7 Å². The molecule has 3 aromatic heterocycles. The highest BCUT2D eigenvalue weighted by molar-refractivity contribution is 6.16. The van der Waals surface area contributed by atoms with Crippen LogP contribution >= 0.6 is 0 Å². The molecule has 2 aromatic carbocycles. The molecule has 0 N–H and O–H groups in total. The van der Waals surface area contributed by atoms with Crippen molar-refractivity contribution >= 4 is 32.7 Å². The van der Waals surface area contributed by atoms with Crippen molar-refractivity contribution in [2.75, 3.05) is 0 Å². The summed E-state index contributed by atoms with van der Waals surface area (Å²) < 4.78 is 6.31. The first-order valence-electron chi connectivity index (χ1n) is 7.92. The summed E-state index contributed by atoms with van der Waals surface area (Å²) in [4.78, 5) is 8.76. The maximum atomic E-state index is 6.31. The summed E-state index contributed by atoms with van der Waals surface area (Å²) in [6, 6.07) is 16.5. The zero-order valence-electron chi connectivity index (χ0n) is 13.2. The molecule has 24 heavy (non-hydrogen) atoms. The molecule has 0 spiro atoms. The first-order valence-corrected chi connectivity index (χ1v) is 7.92. The van der Waals surface area contributed by atoms with Gasteiger partial charge in [-0.05, 0) is 36.8 Å². The molecule has 0 bridgehead atoms. The molecular weight excluding hydrogens is 296 g/mol. The largest absolute Gasteiger partial charge is 0.455 e. The van der Waals surface area contributed by atoms with Crippen molar-refractivity contribution in [1.82, 2.24) is 9.97 Å². The molecule has 3 nitrogen and oxygen atoms in total. The maximum Gasteiger partial charge on any atom is 0.144 e. The quantitative estimate of drug-likeness (QED) is 0.410. The number of pyridine rings is 2. The molecule has 0 saturated carbocycles. The lowest BCUT2D eigenvalue weighted by Gasteiger charge is -2.02. The van der Waals surface area contributed by atoms with Gasteiger partial charge >= 0.3 is 0 Å². The Morgan fingerprint density at radius 3 is 2.58 bits per heavy atom. The van der Waals surface area contributed by atoms with E-state index in [4.69, 9.17) is 4.42 Å². The Bertz CT molecular complexity index is 1200. The second-order valence-corrected chi connectivity index (χ2v) is 6.04. The van der Waals surface area contributed by atoms with Crippen LogP contribution in [-0.4, -0.2) is 9.97 Å². The number of rotatable bonds is 1. The number of aromatic nitrogens is 2. The summed E-state index contributed by atoms with van der Waals surface area (Å²) in [6.45, 7) is 2.04. The number of furan rings is 1. The summed E-state index contributed by atoms with van der Waals surface area (Å²) in [5.41, 5.74) is 4.88. The predicted octanol–water partition coefficient (Wildman–Crippen LogP) is 5.50. The molecule has 0 aliphatic heterocycles. The SMILES string of the molecule is Cc1ccc(-c2cccc3c2oc2c4ccncc4ccc32)nc1. The van der Waals surface area contributed by atoms with Crippen molar-refractivity contribution in [2.45, 2.75) is 6.92 Å². The van der Waals surface area contributed by atoms with Crippen LogP contribution in [0.5, 0.6) is 0 Å². The first-order chi connectivity index (χ1) is 11.8. The van der Waals surface area contributed by atoms with Crippen molar-refractivity contribution < 1.29 is 4.42 Å². The fraction of sp³-hybridized carbons (Fsp3) is 0.0476. The van der Waals surface area contributed by atoms with E-state index in [1.54, 1.807) is 6.20 Å². The Kier molecular flexibility index (Phi) is 2.71. The molecule has 3 heteroatoms. The van der Waals surface area contributed by atoms with Crippen LogP contribution in [0.15, 0.2) is 71.5 Å². The molecule has 0 fully saturated rings. The number of aryl methyl sites for hydroxylation is 1. The van der Waals surface area contributed by atoms with Gasteiger partial charge in [-0.1, -0.05) is 24.3 Å². The highest BCUT2D eigenvalue weighted by Crippen LogP contribution is 2.37. The molecule has 5 aromatic rings. The second-order valence-electron chi connectivity index (χ2n) is 6.04. The number of nitrogens with zero attached hydrogens (tertiary/aromatic N) is 2. The minimum Gasteiger partial charge on any atom is -0.455 e. The second kappa shape index (κ2) is 4.90. The van der Waals surface area contributed by atoms with Crippen LogP contribution < -0.4 is 0 Å². The minimum atomic E-state index is 0.883. The number of benzene rings is 2. The van der Waals surface area contributed by atoms with Crippen molar-refractivity contribution in [3.8, 4) is 11.3 Å². The number of fused-ring (bicyclic) bond motifs is 5. The van der Waals surface area contributed by atoms with Gasteiger partial charge in [-0.3, -0.25) is 9.97 Å². The fourth-order valence-electron chi connectivity index (χ4n) is 3.25. The monoisotopic (exact) mass is 310 g/mol. The van der Waals surface area contributed by atoms with Gasteiger partial charge in [0, 0.05) is 45.7 Å². The van der Waals surface area contributed by atoms with E-state index in [1.807, 2.05) is 31.5 Å². The molecule has 0 aliphatic carbocycles. The normalized spacial score (nSPS) is 11.5. The Morgan fingerprint density at radius 1 is 0.792 bits per heavy atom. The molecule has 0 saturated heterocycles. The van der Waals surface area contributed by atoms with E-state index in [1.165, 1.54) is 0 Å². The Balaban J connectivity index is 1.90. The number of hydrogen-bond donors (Lipinski definition) is 0. The topological polar surface area (TPSA) is 38.9 Å². The number of para-hydroxylation sites is 1. The van der Waals surface area contributed by atoms with Crippen LogP contribution in [0.2, 0.25) is 0 Å². The van der Waals surface area contributed by atoms with E-state index in [9.17, 15) is 0 Å². The molecule has 0 amide bonds. The Morgan fingerprint density at radius 2 is 1.71 bits per heavy atom. The molecule has 114 valence electrons. The zero-order valence-corrected chi connectivity index (χ0v) is 13.2. The van der Waals surface area contributed by atoms with Crippen molar-refractivity contribution in [3.63, 3.8) is 0 Å². The van der Waals surface area contributed by atoms with Gasteiger partial charge in [0.2, 0.25) is 0 Å². The van der Waals surface area contributed by atoms with Gasteiger partial charge in [0.15, 0.2) is 0 Å². The van der Waals surface area contributed by atoms with Gasteiger partial charge in [-0.25, -0.2) is 0 Å². The highest BCUT2D eigenvalue weighted by atomic mass is 16.3. The van der Waals surface area contributed by atoms with Gasteiger partial charge < -0.3 is 4.42 Å². The Hall–Kier alpha value is -3.20. The summed E-state index contributed by atoms with van der Waals surface area (Å²) in [5, 5.41) is 4.40. The molecular formula is C21H14N2O. The summed E-state index contributed by atoms with van der Waals surface area (Å²) in [5.74, 6) is 0. The van der Waals surface area contributed by atoms with Crippen LogP contribution in [0.1, 0.15) is 5.56 Å². The van der Waals surface area contributed by atoms with E-state index < -0.39 is 0 Å². The molecule has 5 rings (SSSR count). The van der Waals surface area contributed by atoms with Gasteiger partial charge in [0.1, 0.15) is 11.2 Å². The minimum absolute atomic E-state index is 0.883. The van der Waals surface area contributed by atoms with Crippen LogP contribution in [0.25, 0.3) is 44.0 Å².